The van der Waals surface area contributed by atoms with Crippen LogP contribution in [0.25, 0.3) is 0 Å². The van der Waals surface area contributed by atoms with Gasteiger partial charge in [-0.15, -0.1) is 11.3 Å². The number of aliphatic imine (C=N–C) groups is 1. The highest BCUT2D eigenvalue weighted by Crippen LogP contribution is 2.16. The SMILES string of the molecule is C(=N\c1cncs1)/c1ccco1. The zero-order chi connectivity index (χ0) is 8.23. The lowest BCUT2D eigenvalue weighted by molar-refractivity contribution is 0.560. The first-order chi connectivity index (χ1) is 5.95. The maximum absolute atomic E-state index is 5.07. The van der Waals surface area contributed by atoms with Gasteiger partial charge in [-0.05, 0) is 12.1 Å². The molecule has 0 aliphatic heterocycles. The van der Waals surface area contributed by atoms with Crippen LogP contribution in [0.4, 0.5) is 5.00 Å². The van der Waals surface area contributed by atoms with Crippen molar-refractivity contribution >= 4 is 22.6 Å². The van der Waals surface area contributed by atoms with Gasteiger partial charge in [-0.1, -0.05) is 0 Å². The molecule has 0 aromatic carbocycles. The summed E-state index contributed by atoms with van der Waals surface area (Å²) in [6, 6.07) is 3.68. The highest BCUT2D eigenvalue weighted by Gasteiger charge is 1.90. The number of rotatable bonds is 2. The molecule has 0 N–H and O–H groups in total. The molecule has 0 unspecified atom stereocenters. The van der Waals surface area contributed by atoms with Crippen LogP contribution in [-0.2, 0) is 0 Å². The quantitative estimate of drug-likeness (QED) is 0.662. The first-order valence-electron chi connectivity index (χ1n) is 3.41. The first-order valence-corrected chi connectivity index (χ1v) is 4.29. The Bertz CT molecular complexity index is 314. The third-order valence-corrected chi connectivity index (χ3v) is 1.96. The number of hydrogen-bond acceptors (Lipinski definition) is 4. The molecule has 3 nitrogen and oxygen atoms in total. The predicted octanol–water partition coefficient (Wildman–Crippen LogP) is 2.49. The minimum Gasteiger partial charge on any atom is -0.463 e. The summed E-state index contributed by atoms with van der Waals surface area (Å²) in [7, 11) is 0. The molecule has 2 aromatic rings. The van der Waals surface area contributed by atoms with E-state index < -0.39 is 0 Å². The van der Waals surface area contributed by atoms with Gasteiger partial charge in [0.1, 0.15) is 10.8 Å². The van der Waals surface area contributed by atoms with E-state index in [1.807, 2.05) is 12.1 Å². The molecule has 0 aliphatic carbocycles. The Morgan fingerprint density at radius 2 is 2.58 bits per heavy atom. The summed E-state index contributed by atoms with van der Waals surface area (Å²) in [5.41, 5.74) is 1.74. The number of aromatic nitrogens is 1. The fourth-order valence-electron chi connectivity index (χ4n) is 0.765. The molecule has 2 heterocycles. The molecule has 0 saturated heterocycles. The van der Waals surface area contributed by atoms with Gasteiger partial charge >= 0.3 is 0 Å². The fraction of sp³-hybridized carbons (Fsp3) is 0. The summed E-state index contributed by atoms with van der Waals surface area (Å²) < 4.78 is 5.07. The topological polar surface area (TPSA) is 38.4 Å². The summed E-state index contributed by atoms with van der Waals surface area (Å²) in [5, 5.41) is 0.881. The Balaban J connectivity index is 2.14. The van der Waals surface area contributed by atoms with Crippen LogP contribution in [0.15, 0.2) is 39.5 Å². The molecule has 0 aliphatic rings. The minimum atomic E-state index is 0.753. The van der Waals surface area contributed by atoms with Gasteiger partial charge < -0.3 is 4.42 Å². The van der Waals surface area contributed by atoms with Crippen LogP contribution in [-0.4, -0.2) is 11.2 Å². The van der Waals surface area contributed by atoms with Crippen molar-refractivity contribution < 1.29 is 4.42 Å². The lowest BCUT2D eigenvalue weighted by atomic mass is 10.5. The predicted molar refractivity (Wildman–Crippen MR) is 48.1 cm³/mol. The fourth-order valence-corrected chi connectivity index (χ4v) is 1.23. The summed E-state index contributed by atoms with van der Waals surface area (Å²) in [4.78, 5) is 8.04. The van der Waals surface area contributed by atoms with Gasteiger partial charge in [0, 0.05) is 0 Å². The molecule has 0 bridgehead atoms. The van der Waals surface area contributed by atoms with E-state index in [0.29, 0.717) is 0 Å². The lowest BCUT2D eigenvalue weighted by Crippen LogP contribution is -1.70. The Hall–Kier alpha value is -1.42. The molecule has 2 rings (SSSR count). The Kier molecular flexibility index (Phi) is 2.00. The van der Waals surface area contributed by atoms with Crippen LogP contribution in [0.5, 0.6) is 0 Å². The van der Waals surface area contributed by atoms with Crippen LogP contribution in [0.2, 0.25) is 0 Å². The molecule has 4 heteroatoms. The number of nitrogens with zero attached hydrogens (tertiary/aromatic N) is 2. The van der Waals surface area contributed by atoms with E-state index in [2.05, 4.69) is 9.98 Å². The molecule has 0 atom stereocenters. The highest BCUT2D eigenvalue weighted by atomic mass is 32.1. The van der Waals surface area contributed by atoms with Gasteiger partial charge in [0.2, 0.25) is 0 Å². The van der Waals surface area contributed by atoms with Crippen molar-refractivity contribution in [3.05, 3.63) is 35.9 Å². The van der Waals surface area contributed by atoms with Crippen molar-refractivity contribution in [2.45, 2.75) is 0 Å². The van der Waals surface area contributed by atoms with Crippen molar-refractivity contribution in [3.8, 4) is 0 Å². The molecular formula is C8H6N2OS. The molecule has 0 radical (unpaired) electrons. The van der Waals surface area contributed by atoms with Crippen LogP contribution in [0, 0.1) is 0 Å². The second kappa shape index (κ2) is 3.32. The average Bonchev–Trinajstić information content (AvgIpc) is 2.74. The average molecular weight is 178 g/mol. The zero-order valence-corrected chi connectivity index (χ0v) is 6.99. The summed E-state index contributed by atoms with van der Waals surface area (Å²) in [5.74, 6) is 0.753. The van der Waals surface area contributed by atoms with Gasteiger partial charge in [0.25, 0.3) is 0 Å². The largest absolute Gasteiger partial charge is 0.463 e. The van der Waals surface area contributed by atoms with Crippen molar-refractivity contribution in [1.82, 2.24) is 4.98 Å². The van der Waals surface area contributed by atoms with Crippen LogP contribution >= 0.6 is 11.3 Å². The summed E-state index contributed by atoms with van der Waals surface area (Å²) in [6.07, 6.45) is 5.01. The lowest BCUT2D eigenvalue weighted by Gasteiger charge is -1.81. The van der Waals surface area contributed by atoms with E-state index in [4.69, 9.17) is 4.42 Å². The van der Waals surface area contributed by atoms with Crippen LogP contribution < -0.4 is 0 Å². The van der Waals surface area contributed by atoms with Gasteiger partial charge in [-0.3, -0.25) is 4.98 Å². The number of hydrogen-bond donors (Lipinski definition) is 0. The summed E-state index contributed by atoms with van der Waals surface area (Å²) >= 11 is 1.49. The Morgan fingerprint density at radius 1 is 1.58 bits per heavy atom. The zero-order valence-electron chi connectivity index (χ0n) is 6.18. The van der Waals surface area contributed by atoms with Crippen molar-refractivity contribution in [2.24, 2.45) is 4.99 Å². The summed E-state index contributed by atoms with van der Waals surface area (Å²) in [6.45, 7) is 0. The number of thiazole rings is 1. The standard InChI is InChI=1S/C8H6N2OS/c1-2-7(11-3-1)4-10-8-5-9-6-12-8/h1-6H/b10-4+. The number of furan rings is 1. The Morgan fingerprint density at radius 3 is 3.25 bits per heavy atom. The second-order valence-corrected chi connectivity index (χ2v) is 2.98. The second-order valence-electron chi connectivity index (χ2n) is 2.11. The third kappa shape index (κ3) is 1.60. The maximum Gasteiger partial charge on any atom is 0.144 e. The Labute approximate surface area is 73.4 Å². The molecule has 12 heavy (non-hydrogen) atoms. The van der Waals surface area contributed by atoms with E-state index in [-0.39, 0.29) is 0 Å². The van der Waals surface area contributed by atoms with Gasteiger partial charge in [-0.25, -0.2) is 4.99 Å². The maximum atomic E-state index is 5.07. The molecule has 0 spiro atoms. The van der Waals surface area contributed by atoms with Crippen molar-refractivity contribution in [3.63, 3.8) is 0 Å². The normalized spacial score (nSPS) is 11.0. The van der Waals surface area contributed by atoms with Crippen LogP contribution in [0.3, 0.4) is 0 Å². The van der Waals surface area contributed by atoms with Crippen LogP contribution in [0.1, 0.15) is 5.76 Å². The van der Waals surface area contributed by atoms with E-state index >= 15 is 0 Å². The monoisotopic (exact) mass is 178 g/mol. The van der Waals surface area contributed by atoms with E-state index in [9.17, 15) is 0 Å². The highest BCUT2D eigenvalue weighted by molar-refractivity contribution is 7.13. The molecule has 0 saturated carbocycles. The van der Waals surface area contributed by atoms with Crippen molar-refractivity contribution in [1.29, 1.82) is 0 Å². The molecule has 0 fully saturated rings. The molecule has 0 amide bonds. The van der Waals surface area contributed by atoms with Crippen molar-refractivity contribution in [2.75, 3.05) is 0 Å². The van der Waals surface area contributed by atoms with Gasteiger partial charge in [0.15, 0.2) is 0 Å². The third-order valence-electron chi connectivity index (χ3n) is 1.28. The first kappa shape index (κ1) is 7.24. The molecule has 2 aromatic heterocycles. The van der Waals surface area contributed by atoms with Gasteiger partial charge in [-0.2, -0.15) is 0 Å². The molecule has 60 valence electrons. The molecular weight excluding hydrogens is 172 g/mol. The minimum absolute atomic E-state index is 0.753. The van der Waals surface area contributed by atoms with E-state index in [1.54, 1.807) is 24.2 Å². The smallest absolute Gasteiger partial charge is 0.144 e. The van der Waals surface area contributed by atoms with Gasteiger partial charge in [0.05, 0.1) is 24.2 Å². The van der Waals surface area contributed by atoms with E-state index in [1.165, 1.54) is 11.3 Å². The van der Waals surface area contributed by atoms with E-state index in [0.717, 1.165) is 10.8 Å².